The van der Waals surface area contributed by atoms with Gasteiger partial charge in [0.2, 0.25) is 15.9 Å². The van der Waals surface area contributed by atoms with Crippen molar-refractivity contribution >= 4 is 71.1 Å². The number of carbonyl (C=O) groups is 4. The molecule has 0 aliphatic heterocycles. The number of esters is 1. The standard InChI is InChI=1S/C7H8.C6H12.C6H10.C6H12.C5H10.C5H12.C4H9NO.C4H12Si.C3H8N2O.C3H9NO2S.C3H7NO2.C3H9N.C3H6O2.C3H6O.C2H6O2S.C2H6O.C2H6S.7C2H6/c1-7-5-3-2-4-6-7;2*1-2-4-6-5-3-1;1-5(2)6(3)4;1-2-4-5-3-1;1-5(2,3)4;1-4(6)5(2)3;1-5(2,3)4;1-4-3-6-5-2;1-4(2)7(3,5)6;1-4-3(5)6-2;1-4(2)3;1-3(4)5-2;1-3(2)4;1-4-5(2)3;2*1-3-2;7*1-2/h2-6H,1H3;1-6H2;1-2H,3-6H2;1-4H3;1-5H2;1-4H3;1-3H3;1-4H3;3,5H,1-2H3;1-3H3;1-2H3,(H,4,5);1-3H3;1-2H3;1-2H3;1-2H3;2*1-2H3;7*1-2H3. The molecule has 2 N–H and O–H groups in total. The van der Waals surface area contributed by atoms with Crippen LogP contribution in [0.2, 0.25) is 26.2 Å². The maximum Gasteiger partial charge on any atom is 0.406 e. The maximum absolute atomic E-state index is 10.3. The summed E-state index contributed by atoms with van der Waals surface area (Å²) >= 11 is 0.677. The topological polar surface area (TPSA) is 212 Å². The Morgan fingerprint density at radius 1 is 0.563 bits per heavy atom. The van der Waals surface area contributed by atoms with Crippen molar-refractivity contribution < 1.29 is 55.0 Å². The molecule has 22 heteroatoms. The largest absolute Gasteiger partial charge is 0.469 e. The minimum absolute atomic E-state index is 0.0926. The normalized spacial score (nSPS) is 10.7. The number of ketones is 1. The summed E-state index contributed by atoms with van der Waals surface area (Å²) < 4.78 is 48.1. The zero-order valence-corrected chi connectivity index (χ0v) is 82.1. The van der Waals surface area contributed by atoms with Gasteiger partial charge >= 0.3 is 12.1 Å². The van der Waals surface area contributed by atoms with Gasteiger partial charge in [0.1, 0.15) is 5.78 Å². The Morgan fingerprint density at radius 2 is 0.757 bits per heavy atom. The van der Waals surface area contributed by atoms with Gasteiger partial charge in [0.05, 0.1) is 27.6 Å². The van der Waals surface area contributed by atoms with E-state index >= 15 is 0 Å². The third-order valence-electron chi connectivity index (χ3n) is 8.33. The van der Waals surface area contributed by atoms with Crippen molar-refractivity contribution in [2.75, 3.05) is 131 Å². The molecule has 638 valence electrons. The first-order valence-electron chi connectivity index (χ1n) is 37.3. The molecule has 18 nitrogen and oxygen atoms in total. The quantitative estimate of drug-likeness (QED) is 0.0717. The highest BCUT2D eigenvalue weighted by Gasteiger charge is 2.01. The Kier molecular flexibility index (Phi) is 220. The number of methoxy groups -OCH3 is 3. The zero-order valence-electron chi connectivity index (χ0n) is 78.6. The number of benzene rings is 1. The Hall–Kier alpha value is -3.48. The molecule has 1 aromatic carbocycles. The number of carbonyl (C=O) groups excluding carboxylic acids is 4. The number of thioether (sulfide) groups is 1. The van der Waals surface area contributed by atoms with Crippen LogP contribution in [0.25, 0.3) is 0 Å². The van der Waals surface area contributed by atoms with E-state index in [2.05, 4.69) is 152 Å². The van der Waals surface area contributed by atoms with Gasteiger partial charge in [-0.15, -0.1) is 0 Å². The van der Waals surface area contributed by atoms with E-state index in [-0.39, 0.29) is 17.7 Å². The number of Topliss-reactive ketones (excluding diaryl/α,β-unsaturated/α-hetero) is 1. The van der Waals surface area contributed by atoms with E-state index in [0.29, 0.717) is 5.41 Å². The lowest BCUT2D eigenvalue weighted by atomic mass is 10.0. The predicted molar refractivity (Wildman–Crippen MR) is 479 cm³/mol. The van der Waals surface area contributed by atoms with E-state index in [4.69, 9.17) is 0 Å². The fraction of sp³-hybridized carbons (Fsp3) is 0.815. The van der Waals surface area contributed by atoms with Gasteiger partial charge in [-0.05, 0) is 113 Å². The van der Waals surface area contributed by atoms with Crippen molar-refractivity contribution in [3.8, 4) is 0 Å². The Balaban J connectivity index is -0.0000000392. The summed E-state index contributed by atoms with van der Waals surface area (Å²) in [6.45, 7) is 62.6. The molecule has 1 atom stereocenters. The molecule has 2 saturated carbocycles. The number of aryl methyl sites for hydroxylation is 1. The molecule has 3 aliphatic carbocycles. The highest BCUT2D eigenvalue weighted by molar-refractivity contribution is 7.97. The molecule has 2 fully saturated rings. The number of hydroxylamine groups is 1. The van der Waals surface area contributed by atoms with E-state index in [9.17, 15) is 31.8 Å². The summed E-state index contributed by atoms with van der Waals surface area (Å²) in [7, 11) is 21.0. The number of hydrogen-bond acceptors (Lipinski definition) is 16. The van der Waals surface area contributed by atoms with Crippen LogP contribution in [-0.2, 0) is 58.7 Å². The maximum atomic E-state index is 10.3. The average Bonchev–Trinajstić information content (AvgIpc) is 2.25. The molecular weight excluding hydrogens is 1370 g/mol. The highest BCUT2D eigenvalue weighted by atomic mass is 32.2. The van der Waals surface area contributed by atoms with Crippen LogP contribution in [0.15, 0.2) is 58.6 Å². The summed E-state index contributed by atoms with van der Waals surface area (Å²) in [5.74, 6) is 0.0139. The third-order valence-corrected chi connectivity index (χ3v) is 10.1. The molecular formula is C81H190N6O12S3Si. The third kappa shape index (κ3) is 424. The molecule has 4 rings (SSSR count). The highest BCUT2D eigenvalue weighted by Crippen LogP contribution is 2.16. The Morgan fingerprint density at radius 3 is 0.806 bits per heavy atom. The number of allylic oxidation sites excluding steroid dienone is 4. The fourth-order valence-electron chi connectivity index (χ4n) is 3.45. The number of alkyl carbamates (subject to hydrolysis) is 1. The number of nitrogens with zero attached hydrogens (tertiary/aromatic N) is 4. The summed E-state index contributed by atoms with van der Waals surface area (Å²) in [6.07, 6.45) is 34.1. The van der Waals surface area contributed by atoms with Crippen LogP contribution in [-0.4, -0.2) is 196 Å². The van der Waals surface area contributed by atoms with Crippen molar-refractivity contribution in [3.63, 3.8) is 0 Å². The van der Waals surface area contributed by atoms with Crippen LogP contribution in [0.4, 0.5) is 4.79 Å². The van der Waals surface area contributed by atoms with Gasteiger partial charge in [0, 0.05) is 91.7 Å². The monoisotopic (exact) mass is 1560 g/mol. The molecule has 0 bridgehead atoms. The molecule has 0 spiro atoms. The molecule has 0 radical (unpaired) electrons. The van der Waals surface area contributed by atoms with E-state index in [1.54, 1.807) is 54.2 Å². The predicted octanol–water partition coefficient (Wildman–Crippen LogP) is 23.4. The van der Waals surface area contributed by atoms with Gasteiger partial charge in [-0.2, -0.15) is 17.2 Å². The lowest BCUT2D eigenvalue weighted by Crippen LogP contribution is -2.19. The molecule has 2 amide bonds. The molecule has 3 aliphatic rings. The number of amides is 2. The van der Waals surface area contributed by atoms with Crippen molar-refractivity contribution in [1.82, 2.24) is 24.9 Å². The number of hydrogen-bond donors (Lipinski definition) is 2. The summed E-state index contributed by atoms with van der Waals surface area (Å²) in [5.41, 5.74) is 7.09. The zero-order chi connectivity index (χ0) is 87.5. The second kappa shape index (κ2) is 148. The molecule has 0 heterocycles. The minimum atomic E-state index is -2.91. The van der Waals surface area contributed by atoms with E-state index in [1.807, 2.05) is 154 Å². The molecule has 1 unspecified atom stereocenters. The van der Waals surface area contributed by atoms with Crippen molar-refractivity contribution in [1.29, 1.82) is 0 Å². The molecule has 0 aromatic heterocycles. The molecule has 1 aromatic rings. The van der Waals surface area contributed by atoms with Crippen LogP contribution in [0.3, 0.4) is 0 Å². The number of rotatable bonds is 4. The van der Waals surface area contributed by atoms with E-state index in [0.717, 1.165) is 10.6 Å². The van der Waals surface area contributed by atoms with Crippen molar-refractivity contribution in [3.05, 3.63) is 59.2 Å². The van der Waals surface area contributed by atoms with Gasteiger partial charge in [-0.3, -0.25) is 18.8 Å². The van der Waals surface area contributed by atoms with Crippen LogP contribution in [0.1, 0.15) is 282 Å². The van der Waals surface area contributed by atoms with Gasteiger partial charge in [0.15, 0.2) is 17.5 Å². The van der Waals surface area contributed by atoms with Crippen molar-refractivity contribution in [2.24, 2.45) is 10.4 Å². The Bertz CT molecular complexity index is 1690. The van der Waals surface area contributed by atoms with Crippen LogP contribution < -0.4 is 10.8 Å². The van der Waals surface area contributed by atoms with E-state index in [1.165, 1.54) is 201 Å². The van der Waals surface area contributed by atoms with Gasteiger partial charge < -0.3 is 39.0 Å². The average molecular weight is 1560 g/mol. The van der Waals surface area contributed by atoms with Crippen LogP contribution in [0.5, 0.6) is 0 Å². The van der Waals surface area contributed by atoms with Gasteiger partial charge in [-0.1, -0.05) is 281 Å². The second-order valence-electron chi connectivity index (χ2n) is 24.0. The fourth-order valence-corrected chi connectivity index (χ4v) is 3.45. The summed E-state index contributed by atoms with van der Waals surface area (Å²) in [6, 6.07) is 10.3. The van der Waals surface area contributed by atoms with Gasteiger partial charge in [-0.25, -0.2) is 21.7 Å². The lowest BCUT2D eigenvalue weighted by Gasteiger charge is -2.05. The molecule has 0 saturated heterocycles. The SMILES string of the molecule is C1=CCCCC1.C1CCCC1.C1CCCCC1.CC.CC.CC.CC.CC.CC.CC.CC(=O)N(C)C.CC(C)(C)C.CC(C)=C(C)C.CC(C)=O.CN(C)C.CN(C)S(C)(=O)=O.CN=CONC.CNC(=O)OC.COC.COC(C)=O.COS(C)=O.CSC.C[Si](C)(C)C.Cc1ccccc1. The first-order valence-corrected chi connectivity index (χ1v) is 46.3. The summed E-state index contributed by atoms with van der Waals surface area (Å²) in [5, 5.41) is 2.25. The first kappa shape index (κ1) is 153. The first-order chi connectivity index (χ1) is 47.7. The van der Waals surface area contributed by atoms with Crippen LogP contribution in [0, 0.1) is 12.3 Å². The number of ether oxygens (including phenoxy) is 3. The Labute approximate surface area is 657 Å². The van der Waals surface area contributed by atoms with Crippen molar-refractivity contribution in [2.45, 2.75) is 309 Å². The summed E-state index contributed by atoms with van der Waals surface area (Å²) in [4.78, 5) is 50.4. The smallest absolute Gasteiger partial charge is 0.406 e. The van der Waals surface area contributed by atoms with Gasteiger partial charge in [0.25, 0.3) is 0 Å². The van der Waals surface area contributed by atoms with E-state index < -0.39 is 35.3 Å². The minimum Gasteiger partial charge on any atom is -0.469 e. The number of nitrogens with one attached hydrogen (secondary N) is 2. The lowest BCUT2D eigenvalue weighted by molar-refractivity contribution is -0.138. The van der Waals surface area contributed by atoms with Crippen LogP contribution >= 0.6 is 11.8 Å². The number of aliphatic imine (C=N–C) groups is 1. The number of sulfonamides is 1. The second-order valence-corrected chi connectivity index (χ2v) is 34.2. The molecule has 103 heavy (non-hydrogen) atoms.